The van der Waals surface area contributed by atoms with E-state index in [9.17, 15) is 4.39 Å². The van der Waals surface area contributed by atoms with Crippen LogP contribution < -0.4 is 5.73 Å². The number of benzene rings is 1. The molecule has 0 bridgehead atoms. The van der Waals surface area contributed by atoms with Crippen molar-refractivity contribution in [1.29, 1.82) is 0 Å². The first-order valence-corrected chi connectivity index (χ1v) is 4.68. The Morgan fingerprint density at radius 2 is 2.07 bits per heavy atom. The maximum absolute atomic E-state index is 13.2. The quantitative estimate of drug-likeness (QED) is 0.717. The fourth-order valence-electron chi connectivity index (χ4n) is 1.43. The summed E-state index contributed by atoms with van der Waals surface area (Å²) in [6.45, 7) is 5.71. The zero-order chi connectivity index (χ0) is 10.7. The van der Waals surface area contributed by atoms with Gasteiger partial charge in [-0.2, -0.15) is 0 Å². The van der Waals surface area contributed by atoms with Gasteiger partial charge in [-0.05, 0) is 38.0 Å². The van der Waals surface area contributed by atoms with Crippen LogP contribution >= 0.6 is 0 Å². The van der Waals surface area contributed by atoms with Crippen LogP contribution in [0, 0.1) is 12.7 Å². The summed E-state index contributed by atoms with van der Waals surface area (Å²) < 4.78 is 13.2. The highest BCUT2D eigenvalue weighted by molar-refractivity contribution is 5.32. The van der Waals surface area contributed by atoms with E-state index in [1.165, 1.54) is 6.07 Å². The fraction of sp³-hybridized carbons (Fsp3) is 0.333. The third-order valence-electron chi connectivity index (χ3n) is 2.18. The van der Waals surface area contributed by atoms with Crippen molar-refractivity contribution < 1.29 is 4.39 Å². The minimum absolute atomic E-state index is 0.194. The average Bonchev–Trinajstić information content (AvgIpc) is 2.08. The van der Waals surface area contributed by atoms with Gasteiger partial charge in [0, 0.05) is 6.04 Å². The third-order valence-corrected chi connectivity index (χ3v) is 2.18. The molecule has 0 saturated heterocycles. The predicted molar refractivity (Wildman–Crippen MR) is 57.5 cm³/mol. The lowest BCUT2D eigenvalue weighted by Crippen LogP contribution is -2.10. The Balaban J connectivity index is 3.07. The lowest BCUT2D eigenvalue weighted by Gasteiger charge is -2.11. The number of allylic oxidation sites excluding steroid dienone is 1. The second-order valence-corrected chi connectivity index (χ2v) is 3.72. The molecule has 76 valence electrons. The van der Waals surface area contributed by atoms with Crippen molar-refractivity contribution in [3.63, 3.8) is 0 Å². The molecule has 1 aromatic rings. The van der Waals surface area contributed by atoms with Crippen LogP contribution in [-0.2, 0) is 0 Å². The largest absolute Gasteiger partial charge is 0.321 e. The SMILES string of the molecule is CC(C)=CC(N)c1cccc(F)c1C. The molecule has 0 heterocycles. The van der Waals surface area contributed by atoms with Gasteiger partial charge in [-0.15, -0.1) is 0 Å². The first kappa shape index (κ1) is 10.9. The summed E-state index contributed by atoms with van der Waals surface area (Å²) in [4.78, 5) is 0. The molecule has 1 nitrogen and oxygen atoms in total. The van der Waals surface area contributed by atoms with Gasteiger partial charge in [0.1, 0.15) is 5.82 Å². The fourth-order valence-corrected chi connectivity index (χ4v) is 1.43. The predicted octanol–water partition coefficient (Wildman–Crippen LogP) is 3.10. The van der Waals surface area contributed by atoms with Crippen molar-refractivity contribution in [2.75, 3.05) is 0 Å². The highest BCUT2D eigenvalue weighted by atomic mass is 19.1. The molecule has 0 aliphatic heterocycles. The van der Waals surface area contributed by atoms with E-state index in [1.807, 2.05) is 26.0 Å². The van der Waals surface area contributed by atoms with Crippen molar-refractivity contribution in [1.82, 2.24) is 0 Å². The van der Waals surface area contributed by atoms with Crippen LogP contribution in [0.2, 0.25) is 0 Å². The Labute approximate surface area is 84.4 Å². The molecule has 0 aromatic heterocycles. The molecule has 0 aliphatic carbocycles. The molecule has 1 aromatic carbocycles. The van der Waals surface area contributed by atoms with E-state index in [4.69, 9.17) is 5.73 Å². The maximum Gasteiger partial charge on any atom is 0.126 e. The van der Waals surface area contributed by atoms with E-state index in [0.29, 0.717) is 5.56 Å². The Hall–Kier alpha value is -1.15. The van der Waals surface area contributed by atoms with E-state index in [0.717, 1.165) is 11.1 Å². The van der Waals surface area contributed by atoms with Crippen molar-refractivity contribution in [3.05, 3.63) is 46.8 Å². The van der Waals surface area contributed by atoms with Gasteiger partial charge >= 0.3 is 0 Å². The standard InChI is InChI=1S/C12H16FN/c1-8(2)7-12(14)10-5-4-6-11(13)9(10)3/h4-7,12H,14H2,1-3H3. The van der Waals surface area contributed by atoms with E-state index >= 15 is 0 Å². The third kappa shape index (κ3) is 2.42. The van der Waals surface area contributed by atoms with Crippen molar-refractivity contribution in [2.24, 2.45) is 5.73 Å². The average molecular weight is 193 g/mol. The zero-order valence-electron chi connectivity index (χ0n) is 8.84. The molecule has 0 amide bonds. The van der Waals surface area contributed by atoms with Gasteiger partial charge in [-0.25, -0.2) is 4.39 Å². The van der Waals surface area contributed by atoms with Crippen LogP contribution in [0.5, 0.6) is 0 Å². The monoisotopic (exact) mass is 193 g/mol. The van der Waals surface area contributed by atoms with E-state index in [-0.39, 0.29) is 11.9 Å². The minimum Gasteiger partial charge on any atom is -0.321 e. The smallest absolute Gasteiger partial charge is 0.126 e. The molecule has 0 fully saturated rings. The summed E-state index contributed by atoms with van der Waals surface area (Å²) in [5.74, 6) is -0.194. The van der Waals surface area contributed by atoms with Gasteiger partial charge in [-0.3, -0.25) is 0 Å². The van der Waals surface area contributed by atoms with Gasteiger partial charge in [-0.1, -0.05) is 23.8 Å². The lowest BCUT2D eigenvalue weighted by molar-refractivity contribution is 0.613. The highest BCUT2D eigenvalue weighted by Gasteiger charge is 2.08. The number of hydrogen-bond donors (Lipinski definition) is 1. The number of rotatable bonds is 2. The maximum atomic E-state index is 13.2. The first-order valence-electron chi connectivity index (χ1n) is 4.68. The molecule has 1 unspecified atom stereocenters. The van der Waals surface area contributed by atoms with Crippen molar-refractivity contribution in [3.8, 4) is 0 Å². The molecular weight excluding hydrogens is 177 g/mol. The second kappa shape index (κ2) is 4.38. The van der Waals surface area contributed by atoms with Gasteiger partial charge in [0.2, 0.25) is 0 Å². The Morgan fingerprint density at radius 3 is 2.64 bits per heavy atom. The summed E-state index contributed by atoms with van der Waals surface area (Å²) in [6, 6.07) is 4.79. The van der Waals surface area contributed by atoms with Crippen LogP contribution in [0.25, 0.3) is 0 Å². The molecule has 1 atom stereocenters. The van der Waals surface area contributed by atoms with E-state index in [2.05, 4.69) is 0 Å². The van der Waals surface area contributed by atoms with Crippen LogP contribution in [0.3, 0.4) is 0 Å². The molecule has 0 spiro atoms. The lowest BCUT2D eigenvalue weighted by atomic mass is 10.00. The Morgan fingerprint density at radius 1 is 1.43 bits per heavy atom. The van der Waals surface area contributed by atoms with Gasteiger partial charge in [0.25, 0.3) is 0 Å². The molecule has 14 heavy (non-hydrogen) atoms. The number of hydrogen-bond acceptors (Lipinski definition) is 1. The summed E-state index contributed by atoms with van der Waals surface area (Å²) in [5.41, 5.74) is 8.55. The summed E-state index contributed by atoms with van der Waals surface area (Å²) >= 11 is 0. The molecular formula is C12H16FN. The Kier molecular flexibility index (Phi) is 3.42. The molecule has 0 radical (unpaired) electrons. The van der Waals surface area contributed by atoms with E-state index in [1.54, 1.807) is 13.0 Å². The highest BCUT2D eigenvalue weighted by Crippen LogP contribution is 2.19. The molecule has 0 aliphatic rings. The molecule has 2 N–H and O–H groups in total. The Bertz CT molecular complexity index is 351. The summed E-state index contributed by atoms with van der Waals surface area (Å²) in [5, 5.41) is 0. The van der Waals surface area contributed by atoms with Crippen LogP contribution in [0.1, 0.15) is 31.0 Å². The van der Waals surface area contributed by atoms with Crippen molar-refractivity contribution in [2.45, 2.75) is 26.8 Å². The number of halogens is 1. The molecule has 2 heteroatoms. The van der Waals surface area contributed by atoms with Gasteiger partial charge in [0.15, 0.2) is 0 Å². The van der Waals surface area contributed by atoms with E-state index < -0.39 is 0 Å². The van der Waals surface area contributed by atoms with Gasteiger partial charge in [0.05, 0.1) is 0 Å². The summed E-state index contributed by atoms with van der Waals surface area (Å²) in [6.07, 6.45) is 1.93. The topological polar surface area (TPSA) is 26.0 Å². The number of nitrogens with two attached hydrogens (primary N) is 1. The minimum atomic E-state index is -0.212. The summed E-state index contributed by atoms with van der Waals surface area (Å²) in [7, 11) is 0. The zero-order valence-corrected chi connectivity index (χ0v) is 8.84. The first-order chi connectivity index (χ1) is 6.52. The normalized spacial score (nSPS) is 12.4. The molecule has 0 saturated carbocycles. The van der Waals surface area contributed by atoms with Crippen LogP contribution in [0.15, 0.2) is 29.8 Å². The second-order valence-electron chi connectivity index (χ2n) is 3.72. The van der Waals surface area contributed by atoms with Crippen molar-refractivity contribution >= 4 is 0 Å². The van der Waals surface area contributed by atoms with Crippen LogP contribution in [-0.4, -0.2) is 0 Å². The van der Waals surface area contributed by atoms with Crippen LogP contribution in [0.4, 0.5) is 4.39 Å². The van der Waals surface area contributed by atoms with Gasteiger partial charge < -0.3 is 5.73 Å². The molecule has 1 rings (SSSR count).